The number of benzene rings is 2. The Hall–Kier alpha value is -0.910. The average Bonchev–Trinajstić information content (AvgIpc) is 2.59. The number of thioether (sulfide) groups is 1. The molecule has 0 spiro atoms. The van der Waals surface area contributed by atoms with Gasteiger partial charge in [0.05, 0.1) is 21.2 Å². The zero-order valence-corrected chi connectivity index (χ0v) is 23.5. The maximum Gasteiger partial charge on any atom is 0.316 e. The van der Waals surface area contributed by atoms with Crippen molar-refractivity contribution in [3.8, 4) is 0 Å². The second kappa shape index (κ2) is 9.93. The molecular weight excluding hydrogens is 583 g/mol. The molecule has 0 aliphatic carbocycles. The van der Waals surface area contributed by atoms with E-state index in [1.54, 1.807) is 12.1 Å². The van der Waals surface area contributed by atoms with Gasteiger partial charge < -0.3 is 11.1 Å². The molecule has 9 heteroatoms. The van der Waals surface area contributed by atoms with Crippen LogP contribution in [0.3, 0.4) is 0 Å². The second-order valence-electron chi connectivity index (χ2n) is 8.18. The number of aryl methyl sites for hydroxylation is 2. The zero-order valence-electron chi connectivity index (χ0n) is 18.0. The Morgan fingerprint density at radius 3 is 1.35 bits per heavy atom. The van der Waals surface area contributed by atoms with Crippen molar-refractivity contribution >= 4 is 78.2 Å². The summed E-state index contributed by atoms with van der Waals surface area (Å²) in [5.74, 6) is 0. The van der Waals surface area contributed by atoms with Crippen LogP contribution in [0.25, 0.3) is 11.1 Å². The monoisotopic (exact) mass is 602 g/mol. The quantitative estimate of drug-likeness (QED) is 0.186. The summed E-state index contributed by atoms with van der Waals surface area (Å²) in [7, 11) is 0. The second-order valence-corrected chi connectivity index (χ2v) is 13.1. The van der Waals surface area contributed by atoms with Crippen LogP contribution in [-0.2, 0) is 0 Å². The third-order valence-corrected chi connectivity index (χ3v) is 7.75. The molecule has 0 N–H and O–H groups in total. The molecule has 2 aromatic rings. The number of hydrogen-bond acceptors (Lipinski definition) is 1. The Labute approximate surface area is 214 Å². The first-order valence-electron chi connectivity index (χ1n) is 9.32. The highest BCUT2D eigenvalue weighted by Crippen LogP contribution is 2.43. The Morgan fingerprint density at radius 1 is 0.774 bits per heavy atom. The fraction of sp³-hybridized carbons (Fsp3) is 0.364. The minimum Gasteiger partial charge on any atom is -0.361 e. The molecule has 2 aromatic carbocycles. The minimum atomic E-state index is -0.702. The highest BCUT2D eigenvalue weighted by Gasteiger charge is 2.47. The van der Waals surface area contributed by atoms with Gasteiger partial charge in [-0.25, -0.2) is 0 Å². The minimum absolute atomic E-state index is 0.427. The summed E-state index contributed by atoms with van der Waals surface area (Å²) >= 11 is 21.4. The zero-order chi connectivity index (χ0) is 23.7. The summed E-state index contributed by atoms with van der Waals surface area (Å²) in [5.41, 5.74) is 23.9. The molecule has 0 atom stereocenters. The van der Waals surface area contributed by atoms with E-state index in [0.717, 1.165) is 20.1 Å². The molecule has 0 aromatic heterocycles. The molecule has 0 radical (unpaired) electrons. The largest absolute Gasteiger partial charge is 0.361 e. The number of halogens is 4. The van der Waals surface area contributed by atoms with Crippen molar-refractivity contribution in [2.24, 2.45) is 0 Å². The van der Waals surface area contributed by atoms with Crippen molar-refractivity contribution in [3.63, 3.8) is 0 Å². The lowest BCUT2D eigenvalue weighted by Gasteiger charge is -2.30. The predicted octanol–water partition coefficient (Wildman–Crippen LogP) is 8.16. The van der Waals surface area contributed by atoms with Crippen LogP contribution in [0.15, 0.2) is 33.2 Å². The molecule has 164 valence electrons. The van der Waals surface area contributed by atoms with Gasteiger partial charge in [0.25, 0.3) is 0 Å². The van der Waals surface area contributed by atoms with Crippen LogP contribution >= 0.6 is 66.8 Å². The van der Waals surface area contributed by atoms with Crippen LogP contribution in [-0.4, -0.2) is 30.5 Å². The van der Waals surface area contributed by atoms with Crippen LogP contribution in [0, 0.1) is 13.8 Å². The van der Waals surface area contributed by atoms with Crippen LogP contribution in [0.1, 0.15) is 49.9 Å². The van der Waals surface area contributed by atoms with E-state index in [1.165, 1.54) is 11.8 Å². The normalized spacial score (nSPS) is 11.7. The topological polar surface area (TPSA) is 72.8 Å². The number of hydrogen-bond donors (Lipinski definition) is 0. The van der Waals surface area contributed by atoms with Crippen molar-refractivity contribution in [3.05, 3.63) is 76.6 Å². The highest BCUT2D eigenvalue weighted by atomic mass is 79.9. The van der Waals surface area contributed by atoms with E-state index < -0.39 is 9.49 Å². The third kappa shape index (κ3) is 5.72. The van der Waals surface area contributed by atoms with E-state index >= 15 is 0 Å². The molecule has 31 heavy (non-hydrogen) atoms. The first-order valence-corrected chi connectivity index (χ1v) is 12.5. The summed E-state index contributed by atoms with van der Waals surface area (Å²) in [6, 6.07) is 7.38. The van der Waals surface area contributed by atoms with Crippen LogP contribution in [0.4, 0.5) is 0 Å². The standard InChI is InChI=1S/C22H22Br2Cl2N4S/c1-11-7-13(23)9-15(25)17(11)19(29-27)21(3,4)31-22(5,6)20(30-28)18-12(2)8-14(24)10-16(18)26/h7-10H,1-6H3. The van der Waals surface area contributed by atoms with E-state index in [4.69, 9.17) is 23.2 Å². The molecule has 0 heterocycles. The molecule has 0 saturated carbocycles. The molecule has 0 unspecified atom stereocenters. The summed E-state index contributed by atoms with van der Waals surface area (Å²) in [6.07, 6.45) is 0. The van der Waals surface area contributed by atoms with Gasteiger partial charge in [0, 0.05) is 8.95 Å². The van der Waals surface area contributed by atoms with Crippen molar-refractivity contribution in [2.75, 3.05) is 0 Å². The van der Waals surface area contributed by atoms with Gasteiger partial charge in [-0.2, -0.15) is 9.58 Å². The smallest absolute Gasteiger partial charge is 0.316 e. The lowest BCUT2D eigenvalue weighted by atomic mass is 9.94. The van der Waals surface area contributed by atoms with Gasteiger partial charge in [0.15, 0.2) is 0 Å². The first kappa shape index (κ1) is 26.3. The van der Waals surface area contributed by atoms with E-state index in [2.05, 4.69) is 41.4 Å². The Kier molecular flexibility index (Phi) is 8.43. The maximum absolute atomic E-state index is 9.96. The van der Waals surface area contributed by atoms with E-state index in [-0.39, 0.29) is 0 Å². The third-order valence-electron chi connectivity index (χ3n) is 4.83. The summed E-state index contributed by atoms with van der Waals surface area (Å²) in [6.45, 7) is 11.6. The van der Waals surface area contributed by atoms with Gasteiger partial charge in [-0.3, -0.25) is 0 Å². The lowest BCUT2D eigenvalue weighted by Crippen LogP contribution is -2.40. The summed E-state index contributed by atoms with van der Waals surface area (Å²) < 4.78 is 0.284. The van der Waals surface area contributed by atoms with Gasteiger partial charge >= 0.3 is 11.4 Å². The molecule has 0 aliphatic heterocycles. The molecule has 4 nitrogen and oxygen atoms in total. The lowest BCUT2D eigenvalue weighted by molar-refractivity contribution is -0.00945. The summed E-state index contributed by atoms with van der Waals surface area (Å²) in [4.78, 5) is 7.26. The van der Waals surface area contributed by atoms with Crippen molar-refractivity contribution in [1.29, 1.82) is 0 Å². The van der Waals surface area contributed by atoms with Gasteiger partial charge in [0.1, 0.15) is 9.49 Å². The predicted molar refractivity (Wildman–Crippen MR) is 139 cm³/mol. The first-order chi connectivity index (χ1) is 14.2. The van der Waals surface area contributed by atoms with Crippen molar-refractivity contribution in [2.45, 2.75) is 51.0 Å². The van der Waals surface area contributed by atoms with Gasteiger partial charge in [-0.15, -0.1) is 11.8 Å². The van der Waals surface area contributed by atoms with Crippen LogP contribution in [0.5, 0.6) is 0 Å². The average molecular weight is 605 g/mol. The SMILES string of the molecule is Cc1cc(Br)cc(Cl)c1C(=[N+]=[N-])C(C)(C)SC(C)(C)C(=[N+]=[N-])c1c(C)cc(Br)cc1Cl. The fourth-order valence-corrected chi connectivity index (χ4v) is 7.56. The Balaban J connectivity index is 2.56. The molecule has 2 rings (SSSR count). The Morgan fingerprint density at radius 2 is 1.10 bits per heavy atom. The summed E-state index contributed by atoms with van der Waals surface area (Å²) in [5, 5.41) is 0.961. The van der Waals surface area contributed by atoms with Gasteiger partial charge in [-0.05, 0) is 76.9 Å². The molecule has 0 fully saturated rings. The molecular formula is C22H22Br2Cl2N4S. The molecule has 0 bridgehead atoms. The molecule has 0 amide bonds. The van der Waals surface area contributed by atoms with Crippen molar-refractivity contribution in [1.82, 2.24) is 0 Å². The van der Waals surface area contributed by atoms with E-state index in [0.29, 0.717) is 32.6 Å². The van der Waals surface area contributed by atoms with Crippen LogP contribution < -0.4 is 0 Å². The van der Waals surface area contributed by atoms with E-state index in [9.17, 15) is 11.1 Å². The van der Waals surface area contributed by atoms with E-state index in [1.807, 2.05) is 53.7 Å². The number of rotatable bonds is 6. The maximum atomic E-state index is 9.96. The van der Waals surface area contributed by atoms with Gasteiger partial charge in [-0.1, -0.05) is 55.1 Å². The van der Waals surface area contributed by atoms with Crippen molar-refractivity contribution < 1.29 is 9.58 Å². The van der Waals surface area contributed by atoms with Crippen LogP contribution in [0.2, 0.25) is 10.0 Å². The Bertz CT molecular complexity index is 1010. The number of nitrogens with zero attached hydrogens (tertiary/aromatic N) is 4. The molecule has 0 aliphatic rings. The van der Waals surface area contributed by atoms with Gasteiger partial charge in [0.2, 0.25) is 0 Å². The fourth-order valence-electron chi connectivity index (χ4n) is 3.68. The highest BCUT2D eigenvalue weighted by molar-refractivity contribution is 9.10. The molecule has 0 saturated heterocycles.